The summed E-state index contributed by atoms with van der Waals surface area (Å²) in [6, 6.07) is 18.7. The Kier molecular flexibility index (Phi) is 5.84. The van der Waals surface area contributed by atoms with Gasteiger partial charge >= 0.3 is 12.2 Å². The van der Waals surface area contributed by atoms with Crippen molar-refractivity contribution >= 4 is 23.3 Å². The van der Waals surface area contributed by atoms with E-state index in [1.165, 1.54) is 12.1 Å². The highest BCUT2D eigenvalue weighted by molar-refractivity contribution is 6.06. The number of aryl methyl sites for hydroxylation is 1. The number of carbonyl (C=O) groups is 2. The van der Waals surface area contributed by atoms with Crippen molar-refractivity contribution in [2.75, 3.05) is 16.5 Å². The fraction of sp³-hybridized carbons (Fsp3) is 0.148. The first-order valence-corrected chi connectivity index (χ1v) is 11.3. The predicted octanol–water partition coefficient (Wildman–Crippen LogP) is 4.96. The number of benzene rings is 3. The molecule has 5 rings (SSSR count). The molecular weight excluding hydrogens is 483 g/mol. The number of carbonyl (C=O) groups excluding carboxylic acids is 2. The van der Waals surface area contributed by atoms with E-state index in [-0.39, 0.29) is 23.5 Å². The molecule has 10 heteroatoms. The molecule has 0 unspecified atom stereocenters. The number of nitrogens with zero attached hydrogens (tertiary/aromatic N) is 3. The molecule has 2 aliphatic heterocycles. The van der Waals surface area contributed by atoms with Crippen molar-refractivity contribution in [1.82, 2.24) is 10.7 Å². The van der Waals surface area contributed by atoms with Gasteiger partial charge in [-0.15, -0.1) is 0 Å². The van der Waals surface area contributed by atoms with Crippen molar-refractivity contribution in [2.24, 2.45) is 0 Å². The molecule has 37 heavy (non-hydrogen) atoms. The van der Waals surface area contributed by atoms with Crippen LogP contribution in [0.2, 0.25) is 0 Å². The zero-order valence-electron chi connectivity index (χ0n) is 19.5. The summed E-state index contributed by atoms with van der Waals surface area (Å²) >= 11 is 0. The maximum atomic E-state index is 13.5. The van der Waals surface area contributed by atoms with Crippen molar-refractivity contribution < 1.29 is 22.8 Å². The quantitative estimate of drug-likeness (QED) is 0.529. The zero-order chi connectivity index (χ0) is 26.3. The van der Waals surface area contributed by atoms with Crippen molar-refractivity contribution in [3.63, 3.8) is 0 Å². The van der Waals surface area contributed by atoms with Crippen LogP contribution in [0.25, 0.3) is 0 Å². The number of nitriles is 1. The lowest BCUT2D eigenvalue weighted by Gasteiger charge is -2.42. The normalized spacial score (nSPS) is 17.6. The number of rotatable bonds is 3. The van der Waals surface area contributed by atoms with Gasteiger partial charge in [0.2, 0.25) is 0 Å². The molecule has 1 atom stereocenters. The summed E-state index contributed by atoms with van der Waals surface area (Å²) in [5.41, 5.74) is 4.92. The first kappa shape index (κ1) is 23.9. The van der Waals surface area contributed by atoms with Crippen LogP contribution in [-0.2, 0) is 11.0 Å². The second-order valence-corrected chi connectivity index (χ2v) is 8.73. The third kappa shape index (κ3) is 4.47. The van der Waals surface area contributed by atoms with Gasteiger partial charge in [-0.05, 0) is 60.5 Å². The fourth-order valence-electron chi connectivity index (χ4n) is 4.51. The molecule has 0 aromatic heterocycles. The van der Waals surface area contributed by atoms with Gasteiger partial charge in [0.1, 0.15) is 0 Å². The summed E-state index contributed by atoms with van der Waals surface area (Å²) in [5, 5.41) is 13.4. The second kappa shape index (κ2) is 9.02. The van der Waals surface area contributed by atoms with E-state index in [0.717, 1.165) is 22.6 Å². The molecule has 0 bridgehead atoms. The fourth-order valence-corrected chi connectivity index (χ4v) is 4.51. The van der Waals surface area contributed by atoms with Crippen molar-refractivity contribution in [2.45, 2.75) is 19.1 Å². The Hall–Kier alpha value is -4.78. The van der Waals surface area contributed by atoms with Crippen LogP contribution in [0.1, 0.15) is 28.3 Å². The first-order chi connectivity index (χ1) is 17.7. The van der Waals surface area contributed by atoms with E-state index < -0.39 is 29.7 Å². The number of halogens is 3. The smallest absolute Gasteiger partial charge is 0.326 e. The minimum Gasteiger partial charge on any atom is -0.326 e. The van der Waals surface area contributed by atoms with Gasteiger partial charge in [-0.3, -0.25) is 20.1 Å². The van der Waals surface area contributed by atoms with Gasteiger partial charge < -0.3 is 5.32 Å². The van der Waals surface area contributed by atoms with E-state index in [1.54, 1.807) is 35.3 Å². The Labute approximate surface area is 210 Å². The predicted molar refractivity (Wildman–Crippen MR) is 130 cm³/mol. The van der Waals surface area contributed by atoms with Crippen molar-refractivity contribution in [1.29, 1.82) is 5.26 Å². The molecule has 7 nitrogen and oxygen atoms in total. The van der Waals surface area contributed by atoms with Crippen LogP contribution in [0.4, 0.5) is 29.3 Å². The number of alkyl halides is 3. The molecular formula is C27H20F3N5O2. The second-order valence-electron chi connectivity index (χ2n) is 8.73. The molecule has 2 aliphatic rings. The lowest BCUT2D eigenvalue weighted by Crippen LogP contribution is -2.59. The van der Waals surface area contributed by atoms with Crippen molar-refractivity contribution in [3.8, 4) is 6.07 Å². The third-order valence-corrected chi connectivity index (χ3v) is 6.25. The summed E-state index contributed by atoms with van der Waals surface area (Å²) in [5.74, 6) is -0.505. The van der Waals surface area contributed by atoms with Gasteiger partial charge in [-0.2, -0.15) is 18.4 Å². The first-order valence-electron chi connectivity index (χ1n) is 11.3. The van der Waals surface area contributed by atoms with E-state index in [1.807, 2.05) is 31.2 Å². The molecule has 0 saturated carbocycles. The van der Waals surface area contributed by atoms with E-state index in [9.17, 15) is 22.8 Å². The molecule has 0 spiro atoms. The Balaban J connectivity index is 1.66. The van der Waals surface area contributed by atoms with E-state index in [2.05, 4.69) is 10.7 Å². The summed E-state index contributed by atoms with van der Waals surface area (Å²) in [7, 11) is 0. The summed E-state index contributed by atoms with van der Waals surface area (Å²) in [4.78, 5) is 28.0. The molecule has 2 N–H and O–H groups in total. The van der Waals surface area contributed by atoms with Crippen LogP contribution in [0, 0.1) is 18.3 Å². The molecule has 3 aromatic carbocycles. The molecule has 0 fully saturated rings. The van der Waals surface area contributed by atoms with Crippen LogP contribution in [-0.4, -0.2) is 18.5 Å². The average Bonchev–Trinajstić information content (AvgIpc) is 2.87. The lowest BCUT2D eigenvalue weighted by atomic mass is 9.92. The largest absolute Gasteiger partial charge is 0.416 e. The van der Waals surface area contributed by atoms with Crippen LogP contribution in [0.3, 0.4) is 0 Å². The molecule has 2 heterocycles. The Morgan fingerprint density at radius 3 is 2.35 bits per heavy atom. The Morgan fingerprint density at radius 2 is 1.68 bits per heavy atom. The summed E-state index contributed by atoms with van der Waals surface area (Å²) in [6.45, 7) is 1.92. The molecule has 3 aromatic rings. The van der Waals surface area contributed by atoms with Gasteiger partial charge in [-0.1, -0.05) is 30.3 Å². The topological polar surface area (TPSA) is 88.5 Å². The lowest BCUT2D eigenvalue weighted by molar-refractivity contribution is -0.137. The van der Waals surface area contributed by atoms with Gasteiger partial charge in [0, 0.05) is 0 Å². The van der Waals surface area contributed by atoms with E-state index >= 15 is 0 Å². The number of hydrogen-bond donors (Lipinski definition) is 2. The minimum absolute atomic E-state index is 0.0167. The van der Waals surface area contributed by atoms with Gasteiger partial charge in [-0.25, -0.2) is 4.79 Å². The molecule has 0 radical (unpaired) electrons. The zero-order valence-corrected chi connectivity index (χ0v) is 19.5. The van der Waals surface area contributed by atoms with Crippen LogP contribution >= 0.6 is 0 Å². The number of nitrogens with one attached hydrogen (secondary N) is 2. The highest BCUT2D eigenvalue weighted by Gasteiger charge is 2.42. The third-order valence-electron chi connectivity index (χ3n) is 6.25. The maximum Gasteiger partial charge on any atom is 0.416 e. The van der Waals surface area contributed by atoms with Crippen LogP contribution < -0.4 is 20.7 Å². The van der Waals surface area contributed by atoms with Gasteiger partial charge in [0.05, 0.1) is 52.4 Å². The van der Waals surface area contributed by atoms with E-state index in [4.69, 9.17) is 5.26 Å². The Morgan fingerprint density at radius 1 is 0.973 bits per heavy atom. The average molecular weight is 503 g/mol. The maximum absolute atomic E-state index is 13.5. The summed E-state index contributed by atoms with van der Waals surface area (Å²) in [6.07, 6.45) is -4.61. The van der Waals surface area contributed by atoms with Gasteiger partial charge in [0.15, 0.2) is 0 Å². The molecule has 186 valence electrons. The summed E-state index contributed by atoms with van der Waals surface area (Å²) < 4.78 is 40.4. The SMILES string of the molecule is Cc1cccc(N2CC3=C(C(=O)N2)[C@@H](c2ccc(C#N)cc2)NC(=O)N3c2cccc(C(F)(F)F)c2)c1. The number of hydrogen-bond acceptors (Lipinski definition) is 4. The minimum atomic E-state index is -4.61. The molecule has 3 amide bonds. The highest BCUT2D eigenvalue weighted by atomic mass is 19.4. The molecule has 0 aliphatic carbocycles. The van der Waals surface area contributed by atoms with Crippen LogP contribution in [0.15, 0.2) is 84.1 Å². The number of urea groups is 1. The van der Waals surface area contributed by atoms with Crippen LogP contribution in [0.5, 0.6) is 0 Å². The monoisotopic (exact) mass is 503 g/mol. The number of anilines is 2. The van der Waals surface area contributed by atoms with Gasteiger partial charge in [0.25, 0.3) is 5.91 Å². The van der Waals surface area contributed by atoms with E-state index in [0.29, 0.717) is 16.8 Å². The standard InChI is InChI=1S/C27H20F3N5O2/c1-16-4-2-6-20(12-16)34-15-22-23(25(36)33-34)24(18-10-8-17(14-31)9-11-18)32-26(37)35(22)21-7-3-5-19(13-21)27(28,29)30/h2-13,24H,15H2,1H3,(H,32,37)(H,33,36)/t24-/m1/s1. The van der Waals surface area contributed by atoms with Crippen molar-refractivity contribution in [3.05, 3.63) is 106 Å². The number of amides is 3. The molecule has 0 saturated heterocycles. The highest BCUT2D eigenvalue weighted by Crippen LogP contribution is 2.38. The number of hydrazine groups is 1. The Bertz CT molecular complexity index is 1470.